The zero-order chi connectivity index (χ0) is 9.52. The van der Waals surface area contributed by atoms with Gasteiger partial charge < -0.3 is 10.4 Å². The lowest BCUT2D eigenvalue weighted by molar-refractivity contribution is 0.233. The molecule has 0 saturated carbocycles. The van der Waals surface area contributed by atoms with Gasteiger partial charge in [0.1, 0.15) is 0 Å². The molecule has 1 rings (SSSR count). The third-order valence-electron chi connectivity index (χ3n) is 1.86. The first kappa shape index (κ1) is 10.2. The molecule has 0 amide bonds. The predicted octanol–water partition coefficient (Wildman–Crippen LogP) is 0.800. The highest BCUT2D eigenvalue weighted by Crippen LogP contribution is 1.95. The van der Waals surface area contributed by atoms with Crippen LogP contribution in [0, 0.1) is 5.92 Å². The number of nitrogens with one attached hydrogen (secondary N) is 1. The Balaban J connectivity index is 2.20. The fourth-order valence-electron chi connectivity index (χ4n) is 1.03. The lowest BCUT2D eigenvalue weighted by atomic mass is 10.2. The van der Waals surface area contributed by atoms with Gasteiger partial charge in [-0.25, -0.2) is 0 Å². The summed E-state index contributed by atoms with van der Waals surface area (Å²) in [6.45, 7) is 3.90. The van der Waals surface area contributed by atoms with E-state index in [4.69, 9.17) is 5.11 Å². The van der Waals surface area contributed by atoms with E-state index in [0.717, 1.165) is 13.1 Å². The molecule has 0 saturated heterocycles. The normalized spacial score (nSPS) is 12.8. The number of nitrogens with zero attached hydrogens (tertiary/aromatic N) is 1. The van der Waals surface area contributed by atoms with Crippen molar-refractivity contribution in [1.82, 2.24) is 10.3 Å². The molecular weight excluding hydrogens is 164 g/mol. The third kappa shape index (κ3) is 4.01. The third-order valence-corrected chi connectivity index (χ3v) is 1.86. The van der Waals surface area contributed by atoms with Crippen molar-refractivity contribution in [2.75, 3.05) is 13.2 Å². The molecule has 1 atom stereocenters. The van der Waals surface area contributed by atoms with Crippen molar-refractivity contribution in [2.45, 2.75) is 13.5 Å². The van der Waals surface area contributed by atoms with Gasteiger partial charge in [-0.15, -0.1) is 0 Å². The van der Waals surface area contributed by atoms with Crippen molar-refractivity contribution in [1.29, 1.82) is 0 Å². The Morgan fingerprint density at radius 3 is 3.08 bits per heavy atom. The molecule has 72 valence electrons. The van der Waals surface area contributed by atoms with Crippen LogP contribution in [0.5, 0.6) is 0 Å². The predicted molar refractivity (Wildman–Crippen MR) is 52.2 cm³/mol. The van der Waals surface area contributed by atoms with Crippen molar-refractivity contribution >= 4 is 0 Å². The van der Waals surface area contributed by atoms with E-state index in [-0.39, 0.29) is 6.61 Å². The number of pyridine rings is 1. The first-order valence-electron chi connectivity index (χ1n) is 4.53. The first-order valence-corrected chi connectivity index (χ1v) is 4.53. The first-order chi connectivity index (χ1) is 6.33. The molecule has 1 unspecified atom stereocenters. The summed E-state index contributed by atoms with van der Waals surface area (Å²) in [5.74, 6) is 0.316. The molecule has 0 radical (unpaired) electrons. The minimum atomic E-state index is 0.236. The highest BCUT2D eigenvalue weighted by molar-refractivity contribution is 5.07. The zero-order valence-electron chi connectivity index (χ0n) is 7.90. The van der Waals surface area contributed by atoms with Crippen molar-refractivity contribution in [2.24, 2.45) is 5.92 Å². The highest BCUT2D eigenvalue weighted by atomic mass is 16.3. The standard InChI is InChI=1S/C10H16N2O/c1-9(8-13)5-12-7-10-3-2-4-11-6-10/h2-4,6,9,12-13H,5,7-8H2,1H3. The molecular formula is C10H16N2O. The lowest BCUT2D eigenvalue weighted by Gasteiger charge is -2.08. The number of hydrogen-bond donors (Lipinski definition) is 2. The minimum absolute atomic E-state index is 0.236. The van der Waals surface area contributed by atoms with Crippen LogP contribution in [-0.4, -0.2) is 23.2 Å². The van der Waals surface area contributed by atoms with Crippen LogP contribution in [-0.2, 0) is 6.54 Å². The van der Waals surface area contributed by atoms with Gasteiger partial charge in [0.15, 0.2) is 0 Å². The highest BCUT2D eigenvalue weighted by Gasteiger charge is 1.98. The van der Waals surface area contributed by atoms with Gasteiger partial charge in [0.25, 0.3) is 0 Å². The quantitative estimate of drug-likeness (QED) is 0.704. The van der Waals surface area contributed by atoms with Crippen molar-refractivity contribution in [3.63, 3.8) is 0 Å². The van der Waals surface area contributed by atoms with Gasteiger partial charge in [-0.1, -0.05) is 13.0 Å². The largest absolute Gasteiger partial charge is 0.396 e. The topological polar surface area (TPSA) is 45.1 Å². The smallest absolute Gasteiger partial charge is 0.0468 e. The number of rotatable bonds is 5. The van der Waals surface area contributed by atoms with Crippen LogP contribution in [0.4, 0.5) is 0 Å². The van der Waals surface area contributed by atoms with E-state index in [1.807, 2.05) is 25.3 Å². The van der Waals surface area contributed by atoms with Crippen molar-refractivity contribution < 1.29 is 5.11 Å². The summed E-state index contributed by atoms with van der Waals surface area (Å²) < 4.78 is 0. The molecule has 0 bridgehead atoms. The molecule has 0 fully saturated rings. The molecule has 0 aliphatic heterocycles. The number of aliphatic hydroxyl groups is 1. The summed E-state index contributed by atoms with van der Waals surface area (Å²) in [7, 11) is 0. The van der Waals surface area contributed by atoms with Gasteiger partial charge in [-0.3, -0.25) is 4.98 Å². The average Bonchev–Trinajstić information content (AvgIpc) is 2.19. The Morgan fingerprint density at radius 1 is 1.62 bits per heavy atom. The fraction of sp³-hybridized carbons (Fsp3) is 0.500. The van der Waals surface area contributed by atoms with Crippen LogP contribution in [0.2, 0.25) is 0 Å². The zero-order valence-corrected chi connectivity index (χ0v) is 7.90. The van der Waals surface area contributed by atoms with E-state index < -0.39 is 0 Å². The van der Waals surface area contributed by atoms with Gasteiger partial charge in [0.05, 0.1) is 0 Å². The SMILES string of the molecule is CC(CO)CNCc1cccnc1. The average molecular weight is 180 g/mol. The summed E-state index contributed by atoms with van der Waals surface area (Å²) in [5.41, 5.74) is 1.17. The second-order valence-electron chi connectivity index (χ2n) is 3.28. The molecule has 2 N–H and O–H groups in total. The molecule has 1 heterocycles. The summed E-state index contributed by atoms with van der Waals surface area (Å²) in [6, 6.07) is 3.95. The van der Waals surface area contributed by atoms with Crippen LogP contribution in [0.3, 0.4) is 0 Å². The maximum Gasteiger partial charge on any atom is 0.0468 e. The molecule has 3 heteroatoms. The van der Waals surface area contributed by atoms with Crippen LogP contribution >= 0.6 is 0 Å². The van der Waals surface area contributed by atoms with Crippen molar-refractivity contribution in [3.05, 3.63) is 30.1 Å². The number of hydrogen-bond acceptors (Lipinski definition) is 3. The Morgan fingerprint density at radius 2 is 2.46 bits per heavy atom. The Hall–Kier alpha value is -0.930. The Kier molecular flexibility index (Phi) is 4.43. The molecule has 0 aliphatic carbocycles. The van der Waals surface area contributed by atoms with Gasteiger partial charge >= 0.3 is 0 Å². The van der Waals surface area contributed by atoms with Gasteiger partial charge in [0.2, 0.25) is 0 Å². The maximum absolute atomic E-state index is 8.78. The fourth-order valence-corrected chi connectivity index (χ4v) is 1.03. The number of aromatic nitrogens is 1. The van der Waals surface area contributed by atoms with E-state index >= 15 is 0 Å². The summed E-state index contributed by atoms with van der Waals surface area (Å²) in [6.07, 6.45) is 3.61. The van der Waals surface area contributed by atoms with E-state index in [0.29, 0.717) is 5.92 Å². The molecule has 0 aliphatic rings. The molecule has 1 aromatic rings. The summed E-state index contributed by atoms with van der Waals surface area (Å²) >= 11 is 0. The van der Waals surface area contributed by atoms with E-state index in [1.54, 1.807) is 6.20 Å². The van der Waals surface area contributed by atoms with Gasteiger partial charge in [-0.2, -0.15) is 0 Å². The van der Waals surface area contributed by atoms with Gasteiger partial charge in [0, 0.05) is 32.1 Å². The van der Waals surface area contributed by atoms with Crippen LogP contribution in [0.25, 0.3) is 0 Å². The van der Waals surface area contributed by atoms with Crippen molar-refractivity contribution in [3.8, 4) is 0 Å². The minimum Gasteiger partial charge on any atom is -0.396 e. The van der Waals surface area contributed by atoms with E-state index in [9.17, 15) is 0 Å². The second kappa shape index (κ2) is 5.67. The molecule has 1 aromatic heterocycles. The van der Waals surface area contributed by atoms with E-state index in [1.165, 1.54) is 5.56 Å². The number of aliphatic hydroxyl groups excluding tert-OH is 1. The van der Waals surface area contributed by atoms with Gasteiger partial charge in [-0.05, 0) is 17.5 Å². The lowest BCUT2D eigenvalue weighted by Crippen LogP contribution is -2.22. The van der Waals surface area contributed by atoms with Crippen LogP contribution in [0.1, 0.15) is 12.5 Å². The molecule has 3 nitrogen and oxygen atoms in total. The molecule has 0 spiro atoms. The maximum atomic E-state index is 8.78. The Bertz CT molecular complexity index is 226. The monoisotopic (exact) mass is 180 g/mol. The summed E-state index contributed by atoms with van der Waals surface area (Å²) in [4.78, 5) is 4.01. The molecule has 0 aromatic carbocycles. The summed E-state index contributed by atoms with van der Waals surface area (Å²) in [5, 5.41) is 12.0. The van der Waals surface area contributed by atoms with Crippen LogP contribution in [0.15, 0.2) is 24.5 Å². The molecule has 13 heavy (non-hydrogen) atoms. The Labute approximate surface area is 78.8 Å². The van der Waals surface area contributed by atoms with E-state index in [2.05, 4.69) is 10.3 Å². The second-order valence-corrected chi connectivity index (χ2v) is 3.28. The van der Waals surface area contributed by atoms with Crippen LogP contribution < -0.4 is 5.32 Å².